The lowest BCUT2D eigenvalue weighted by Crippen LogP contribution is -2.20. The molecule has 0 atom stereocenters. The zero-order valence-electron chi connectivity index (χ0n) is 17.2. The molecule has 0 saturated carbocycles. The Morgan fingerprint density at radius 1 is 1.16 bits per heavy atom. The first-order valence-electron chi connectivity index (χ1n) is 9.84. The second-order valence-corrected chi connectivity index (χ2v) is 8.25. The van der Waals surface area contributed by atoms with Crippen molar-refractivity contribution in [3.63, 3.8) is 0 Å². The van der Waals surface area contributed by atoms with Gasteiger partial charge in [-0.1, -0.05) is 36.5 Å². The molecule has 5 aromatic rings. The monoisotopic (exact) mass is 463 g/mol. The number of nitrogens with zero attached hydrogens (tertiary/aromatic N) is 3. The second-order valence-electron chi connectivity index (χ2n) is 6.89. The van der Waals surface area contributed by atoms with Gasteiger partial charge in [0, 0.05) is 18.3 Å². The van der Waals surface area contributed by atoms with Gasteiger partial charge < -0.3 is 13.9 Å². The first kappa shape index (κ1) is 20.3. The quantitative estimate of drug-likeness (QED) is 0.310. The Bertz CT molecular complexity index is 1590. The van der Waals surface area contributed by atoms with Crippen molar-refractivity contribution in [3.8, 4) is 22.4 Å². The molecular formula is C23H17N3O4S2. The molecule has 9 heteroatoms. The molecule has 0 aliphatic carbocycles. The lowest BCUT2D eigenvalue weighted by atomic mass is 10.1. The number of methoxy groups -OCH3 is 1. The van der Waals surface area contributed by atoms with Crippen LogP contribution in [0.4, 0.5) is 0 Å². The van der Waals surface area contributed by atoms with E-state index in [1.807, 2.05) is 42.5 Å². The summed E-state index contributed by atoms with van der Waals surface area (Å²) >= 11 is 6.67. The topological polar surface area (TPSA) is 79.4 Å². The van der Waals surface area contributed by atoms with Crippen LogP contribution >= 0.6 is 23.6 Å². The third kappa shape index (κ3) is 3.45. The van der Waals surface area contributed by atoms with E-state index in [2.05, 4.69) is 16.9 Å². The van der Waals surface area contributed by atoms with Gasteiger partial charge in [0.15, 0.2) is 11.3 Å². The average molecular weight is 464 g/mol. The molecular weight excluding hydrogens is 446 g/mol. The summed E-state index contributed by atoms with van der Waals surface area (Å²) < 4.78 is 19.2. The number of para-hydroxylation sites is 1. The van der Waals surface area contributed by atoms with Gasteiger partial charge in [0.25, 0.3) is 10.4 Å². The highest BCUT2D eigenvalue weighted by Crippen LogP contribution is 2.32. The highest BCUT2D eigenvalue weighted by molar-refractivity contribution is 7.71. The molecule has 0 radical (unpaired) electrons. The van der Waals surface area contributed by atoms with Crippen LogP contribution in [0.2, 0.25) is 0 Å². The van der Waals surface area contributed by atoms with E-state index >= 15 is 0 Å². The molecule has 0 bridgehead atoms. The molecule has 0 aliphatic heterocycles. The van der Waals surface area contributed by atoms with Gasteiger partial charge in [-0.25, -0.2) is 14.5 Å². The van der Waals surface area contributed by atoms with Crippen LogP contribution in [0.5, 0.6) is 17.2 Å². The standard InChI is InChI=1S/C23H17N3O4S2/c1-3-13-6-4-5-7-16(13)29-14-8-9-15-18(12-14)32-22(25-15)26-21(27)19-20(30-23(26)31)17(28-2)10-11-24-19/h4-12H,3H2,1-2H3. The van der Waals surface area contributed by atoms with Crippen LogP contribution in [-0.4, -0.2) is 21.6 Å². The highest BCUT2D eigenvalue weighted by atomic mass is 32.1. The summed E-state index contributed by atoms with van der Waals surface area (Å²) in [5.41, 5.74) is 1.77. The summed E-state index contributed by atoms with van der Waals surface area (Å²) in [7, 11) is 1.49. The van der Waals surface area contributed by atoms with Gasteiger partial charge in [-0.15, -0.1) is 0 Å². The number of pyridine rings is 1. The second kappa shape index (κ2) is 8.18. The van der Waals surface area contributed by atoms with Gasteiger partial charge >= 0.3 is 0 Å². The number of ether oxygens (including phenoxy) is 2. The smallest absolute Gasteiger partial charge is 0.290 e. The van der Waals surface area contributed by atoms with Crippen LogP contribution in [0.1, 0.15) is 12.5 Å². The summed E-state index contributed by atoms with van der Waals surface area (Å²) in [5.74, 6) is 1.90. The SMILES string of the molecule is CCc1ccccc1Oc1ccc2nc(-n3c(=S)oc4c(OC)ccnc4c3=O)sc2c1. The van der Waals surface area contributed by atoms with Crippen molar-refractivity contribution in [1.29, 1.82) is 0 Å². The average Bonchev–Trinajstić information content (AvgIpc) is 3.22. The van der Waals surface area contributed by atoms with Crippen LogP contribution in [0.25, 0.3) is 26.4 Å². The number of aromatic nitrogens is 3. The third-order valence-corrected chi connectivity index (χ3v) is 6.26. The molecule has 0 amide bonds. The maximum absolute atomic E-state index is 13.1. The van der Waals surface area contributed by atoms with E-state index in [4.69, 9.17) is 26.1 Å². The molecule has 3 heterocycles. The molecule has 0 aliphatic rings. The highest BCUT2D eigenvalue weighted by Gasteiger charge is 2.17. The van der Waals surface area contributed by atoms with Crippen LogP contribution in [0.15, 0.2) is 63.9 Å². The van der Waals surface area contributed by atoms with E-state index in [9.17, 15) is 4.79 Å². The Labute approximate surface area is 191 Å². The van der Waals surface area contributed by atoms with Gasteiger partial charge in [-0.05, 0) is 42.4 Å². The summed E-state index contributed by atoms with van der Waals surface area (Å²) in [6.45, 7) is 2.09. The van der Waals surface area contributed by atoms with Crippen LogP contribution in [0.3, 0.4) is 0 Å². The van der Waals surface area contributed by atoms with Crippen molar-refractivity contribution in [3.05, 3.63) is 75.5 Å². The minimum absolute atomic E-state index is 0.0267. The largest absolute Gasteiger partial charge is 0.493 e. The van der Waals surface area contributed by atoms with Gasteiger partial charge in [0.2, 0.25) is 10.7 Å². The number of fused-ring (bicyclic) bond motifs is 2. The number of benzene rings is 2. The van der Waals surface area contributed by atoms with E-state index in [1.54, 1.807) is 6.07 Å². The molecule has 0 saturated heterocycles. The molecule has 2 aromatic carbocycles. The van der Waals surface area contributed by atoms with Crippen molar-refractivity contribution >= 4 is 44.9 Å². The van der Waals surface area contributed by atoms with Crippen LogP contribution in [0, 0.1) is 4.84 Å². The fraction of sp³-hybridized carbons (Fsp3) is 0.130. The summed E-state index contributed by atoms with van der Waals surface area (Å²) in [5, 5.41) is 0.399. The molecule has 0 spiro atoms. The van der Waals surface area contributed by atoms with E-state index in [-0.39, 0.29) is 15.9 Å². The lowest BCUT2D eigenvalue weighted by Gasteiger charge is -2.09. The minimum Gasteiger partial charge on any atom is -0.493 e. The molecule has 0 unspecified atom stereocenters. The Morgan fingerprint density at radius 2 is 2.00 bits per heavy atom. The lowest BCUT2D eigenvalue weighted by molar-refractivity contribution is 0.404. The van der Waals surface area contributed by atoms with E-state index in [1.165, 1.54) is 29.2 Å². The number of hydrogen-bond acceptors (Lipinski definition) is 8. The maximum atomic E-state index is 13.1. The number of thiazole rings is 1. The Morgan fingerprint density at radius 3 is 2.81 bits per heavy atom. The summed E-state index contributed by atoms with van der Waals surface area (Å²) in [4.78, 5) is 21.8. The zero-order valence-corrected chi connectivity index (χ0v) is 18.8. The van der Waals surface area contributed by atoms with Gasteiger partial charge in [0.05, 0.1) is 17.3 Å². The van der Waals surface area contributed by atoms with Crippen LogP contribution < -0.4 is 15.0 Å². The minimum atomic E-state index is -0.414. The summed E-state index contributed by atoms with van der Waals surface area (Å²) in [6, 6.07) is 15.1. The fourth-order valence-electron chi connectivity index (χ4n) is 3.40. The summed E-state index contributed by atoms with van der Waals surface area (Å²) in [6.07, 6.45) is 2.36. The van der Waals surface area contributed by atoms with E-state index in [0.717, 1.165) is 28.0 Å². The third-order valence-electron chi connectivity index (χ3n) is 4.99. The van der Waals surface area contributed by atoms with Gasteiger partial charge in [-0.2, -0.15) is 0 Å². The molecule has 0 N–H and O–H groups in total. The molecule has 160 valence electrons. The fourth-order valence-corrected chi connectivity index (χ4v) is 4.70. The molecule has 7 nitrogen and oxygen atoms in total. The first-order chi connectivity index (χ1) is 15.6. The number of aryl methyl sites for hydroxylation is 1. The first-order valence-corrected chi connectivity index (χ1v) is 11.1. The predicted octanol–water partition coefficient (Wildman–Crippen LogP) is 5.68. The van der Waals surface area contributed by atoms with Crippen molar-refractivity contribution < 1.29 is 13.9 Å². The molecule has 0 fully saturated rings. The number of hydrogen-bond donors (Lipinski definition) is 0. The maximum Gasteiger partial charge on any atom is 0.290 e. The Balaban J connectivity index is 1.60. The van der Waals surface area contributed by atoms with Crippen molar-refractivity contribution in [1.82, 2.24) is 14.5 Å². The molecule has 32 heavy (non-hydrogen) atoms. The van der Waals surface area contributed by atoms with Gasteiger partial charge in [0.1, 0.15) is 11.5 Å². The zero-order chi connectivity index (χ0) is 22.2. The Kier molecular flexibility index (Phi) is 5.20. The van der Waals surface area contributed by atoms with E-state index in [0.29, 0.717) is 16.6 Å². The molecule has 5 rings (SSSR count). The van der Waals surface area contributed by atoms with E-state index < -0.39 is 5.56 Å². The van der Waals surface area contributed by atoms with Crippen molar-refractivity contribution in [2.45, 2.75) is 13.3 Å². The molecule has 3 aromatic heterocycles. The number of rotatable bonds is 5. The van der Waals surface area contributed by atoms with Gasteiger partial charge in [-0.3, -0.25) is 4.79 Å². The van der Waals surface area contributed by atoms with Crippen LogP contribution in [-0.2, 0) is 6.42 Å². The predicted molar refractivity (Wildman–Crippen MR) is 126 cm³/mol. The van der Waals surface area contributed by atoms with Crippen molar-refractivity contribution in [2.75, 3.05) is 7.11 Å². The van der Waals surface area contributed by atoms with Crippen molar-refractivity contribution in [2.24, 2.45) is 0 Å². The normalized spacial score (nSPS) is 11.2. The Hall–Kier alpha value is -3.56.